The van der Waals surface area contributed by atoms with E-state index < -0.39 is 22.5 Å². The molecule has 0 atom stereocenters. The van der Waals surface area contributed by atoms with Gasteiger partial charge in [-0.15, -0.1) is 0 Å². The molecule has 1 N–H and O–H groups in total. The van der Waals surface area contributed by atoms with Crippen molar-refractivity contribution in [2.24, 2.45) is 5.10 Å². The highest BCUT2D eigenvalue weighted by molar-refractivity contribution is 9.10. The predicted molar refractivity (Wildman–Crippen MR) is 104 cm³/mol. The van der Waals surface area contributed by atoms with Crippen LogP contribution in [0.25, 0.3) is 0 Å². The van der Waals surface area contributed by atoms with Crippen LogP contribution in [0.2, 0.25) is 5.02 Å². The van der Waals surface area contributed by atoms with Crippen molar-refractivity contribution in [1.29, 1.82) is 0 Å². The van der Waals surface area contributed by atoms with Crippen LogP contribution in [-0.2, 0) is 14.8 Å². The third-order valence-corrected chi connectivity index (χ3v) is 5.00. The van der Waals surface area contributed by atoms with Crippen molar-refractivity contribution in [3.05, 3.63) is 63.6 Å². The van der Waals surface area contributed by atoms with E-state index in [0.717, 1.165) is 20.6 Å². The highest BCUT2D eigenvalue weighted by Crippen LogP contribution is 2.26. The minimum atomic E-state index is -3.69. The molecule has 2 rings (SSSR count). The van der Waals surface area contributed by atoms with Gasteiger partial charge in [0.1, 0.15) is 6.54 Å². The lowest BCUT2D eigenvalue weighted by molar-refractivity contribution is -0.119. The van der Waals surface area contributed by atoms with Crippen LogP contribution in [0.3, 0.4) is 0 Å². The summed E-state index contributed by atoms with van der Waals surface area (Å²) >= 11 is 9.37. The molecule has 25 heavy (non-hydrogen) atoms. The lowest BCUT2D eigenvalue weighted by atomic mass is 10.2. The number of carbonyl (C=O) groups excluding carboxylic acids is 1. The third-order valence-electron chi connectivity index (χ3n) is 3.06. The third kappa shape index (κ3) is 5.84. The Balaban J connectivity index is 2.09. The minimum absolute atomic E-state index is 0.234. The lowest BCUT2D eigenvalue weighted by Gasteiger charge is -2.22. The van der Waals surface area contributed by atoms with Gasteiger partial charge in [0.2, 0.25) is 10.0 Å². The molecule has 6 nitrogen and oxygen atoms in total. The average Bonchev–Trinajstić information content (AvgIpc) is 2.52. The van der Waals surface area contributed by atoms with Gasteiger partial charge in [-0.25, -0.2) is 13.8 Å². The fraction of sp³-hybridized carbons (Fsp3) is 0.125. The van der Waals surface area contributed by atoms with Crippen LogP contribution in [0.4, 0.5) is 5.69 Å². The number of hydrogen-bond acceptors (Lipinski definition) is 4. The molecule has 0 spiro atoms. The Morgan fingerprint density at radius 1 is 1.28 bits per heavy atom. The summed E-state index contributed by atoms with van der Waals surface area (Å²) in [5.74, 6) is -0.586. The number of halogens is 2. The molecule has 2 aromatic rings. The lowest BCUT2D eigenvalue weighted by Crippen LogP contribution is -2.39. The van der Waals surface area contributed by atoms with E-state index in [9.17, 15) is 13.2 Å². The number of hydrazone groups is 1. The van der Waals surface area contributed by atoms with E-state index >= 15 is 0 Å². The molecule has 0 aromatic heterocycles. The Morgan fingerprint density at radius 2 is 2.00 bits per heavy atom. The Hall–Kier alpha value is -1.90. The van der Waals surface area contributed by atoms with E-state index in [1.807, 2.05) is 24.3 Å². The van der Waals surface area contributed by atoms with Gasteiger partial charge >= 0.3 is 0 Å². The number of nitrogens with zero attached hydrogens (tertiary/aromatic N) is 2. The summed E-state index contributed by atoms with van der Waals surface area (Å²) < 4.78 is 25.8. The van der Waals surface area contributed by atoms with Crippen LogP contribution in [0.5, 0.6) is 0 Å². The summed E-state index contributed by atoms with van der Waals surface area (Å²) in [6, 6.07) is 13.7. The molecule has 0 aliphatic heterocycles. The van der Waals surface area contributed by atoms with Crippen molar-refractivity contribution in [2.45, 2.75) is 0 Å². The summed E-state index contributed by atoms with van der Waals surface area (Å²) in [4.78, 5) is 12.1. The fourth-order valence-electron chi connectivity index (χ4n) is 1.97. The first-order chi connectivity index (χ1) is 11.8. The average molecular weight is 445 g/mol. The quantitative estimate of drug-likeness (QED) is 0.549. The number of amides is 1. The van der Waals surface area contributed by atoms with Crippen LogP contribution < -0.4 is 9.73 Å². The Morgan fingerprint density at radius 3 is 2.64 bits per heavy atom. The van der Waals surface area contributed by atoms with Gasteiger partial charge in [0, 0.05) is 4.47 Å². The van der Waals surface area contributed by atoms with Crippen molar-refractivity contribution < 1.29 is 13.2 Å². The molecule has 0 heterocycles. The van der Waals surface area contributed by atoms with Crippen LogP contribution in [-0.4, -0.2) is 33.3 Å². The highest BCUT2D eigenvalue weighted by atomic mass is 79.9. The van der Waals surface area contributed by atoms with E-state index in [0.29, 0.717) is 0 Å². The second-order valence-electron chi connectivity index (χ2n) is 5.07. The number of benzene rings is 2. The molecule has 0 bridgehead atoms. The number of sulfonamides is 1. The summed E-state index contributed by atoms with van der Waals surface area (Å²) in [7, 11) is -3.69. The number of para-hydroxylation sites is 1. The van der Waals surface area contributed by atoms with Gasteiger partial charge < -0.3 is 0 Å². The topological polar surface area (TPSA) is 78.8 Å². The van der Waals surface area contributed by atoms with Crippen molar-refractivity contribution in [2.75, 3.05) is 17.1 Å². The van der Waals surface area contributed by atoms with E-state index in [1.165, 1.54) is 12.3 Å². The monoisotopic (exact) mass is 443 g/mol. The first-order valence-electron chi connectivity index (χ1n) is 7.07. The summed E-state index contributed by atoms with van der Waals surface area (Å²) in [5.41, 5.74) is 3.32. The van der Waals surface area contributed by atoms with E-state index in [4.69, 9.17) is 11.6 Å². The molecule has 0 fully saturated rings. The highest BCUT2D eigenvalue weighted by Gasteiger charge is 2.22. The van der Waals surface area contributed by atoms with E-state index in [-0.39, 0.29) is 10.7 Å². The fourth-order valence-corrected chi connectivity index (χ4v) is 3.54. The van der Waals surface area contributed by atoms with Crippen molar-refractivity contribution in [3.63, 3.8) is 0 Å². The second kappa shape index (κ2) is 8.46. The zero-order valence-electron chi connectivity index (χ0n) is 13.2. The Kier molecular flexibility index (Phi) is 6.57. The number of rotatable bonds is 6. The molecular weight excluding hydrogens is 430 g/mol. The molecule has 0 aliphatic rings. The van der Waals surface area contributed by atoms with Crippen LogP contribution in [0, 0.1) is 0 Å². The first-order valence-corrected chi connectivity index (χ1v) is 10.1. The maximum Gasteiger partial charge on any atom is 0.260 e. The van der Waals surface area contributed by atoms with Crippen LogP contribution in [0.15, 0.2) is 58.1 Å². The number of anilines is 1. The molecule has 132 valence electrons. The summed E-state index contributed by atoms with van der Waals surface area (Å²) in [6.45, 7) is -0.432. The Labute approximate surface area is 159 Å². The van der Waals surface area contributed by atoms with Crippen molar-refractivity contribution in [1.82, 2.24) is 5.43 Å². The number of nitrogens with one attached hydrogen (secondary N) is 1. The molecule has 0 aliphatic carbocycles. The van der Waals surface area contributed by atoms with Crippen LogP contribution in [0.1, 0.15) is 5.56 Å². The summed E-state index contributed by atoms with van der Waals surface area (Å²) in [5, 5.41) is 4.07. The standard InChI is InChI=1S/C16H15BrClN3O3S/c1-25(23,24)21(15-8-3-2-7-14(15)18)11-16(22)20-19-10-12-5-4-6-13(17)9-12/h2-10H,11H2,1H3,(H,20,22)/b19-10-. The van der Waals surface area contributed by atoms with Gasteiger partial charge in [0.15, 0.2) is 0 Å². The number of carbonyl (C=O) groups is 1. The smallest absolute Gasteiger partial charge is 0.260 e. The maximum absolute atomic E-state index is 12.1. The molecule has 9 heteroatoms. The molecule has 0 unspecified atom stereocenters. The predicted octanol–water partition coefficient (Wildman–Crippen LogP) is 3.02. The van der Waals surface area contributed by atoms with Gasteiger partial charge in [-0.05, 0) is 29.8 Å². The largest absolute Gasteiger partial charge is 0.271 e. The molecule has 1 amide bonds. The van der Waals surface area contributed by atoms with Crippen molar-refractivity contribution >= 4 is 55.4 Å². The summed E-state index contributed by atoms with van der Waals surface area (Å²) in [6.07, 6.45) is 2.47. The first kappa shape index (κ1) is 19.4. The SMILES string of the molecule is CS(=O)(=O)N(CC(=O)N/N=C\c1cccc(Br)c1)c1ccccc1Cl. The van der Waals surface area contributed by atoms with Gasteiger partial charge in [0.05, 0.1) is 23.2 Å². The molecule has 0 saturated carbocycles. The van der Waals surface area contributed by atoms with Crippen LogP contribution >= 0.6 is 27.5 Å². The maximum atomic E-state index is 12.1. The number of hydrogen-bond donors (Lipinski definition) is 1. The zero-order chi connectivity index (χ0) is 18.4. The molecular formula is C16H15BrClN3O3S. The van der Waals surface area contributed by atoms with E-state index in [2.05, 4.69) is 26.5 Å². The Bertz CT molecular complexity index is 903. The van der Waals surface area contributed by atoms with Gasteiger partial charge in [-0.1, -0.05) is 51.8 Å². The minimum Gasteiger partial charge on any atom is -0.271 e. The molecule has 0 radical (unpaired) electrons. The molecule has 2 aromatic carbocycles. The molecule has 0 saturated heterocycles. The van der Waals surface area contributed by atoms with E-state index in [1.54, 1.807) is 18.2 Å². The van der Waals surface area contributed by atoms with Gasteiger partial charge in [0.25, 0.3) is 5.91 Å². The second-order valence-corrected chi connectivity index (χ2v) is 8.30. The normalized spacial score (nSPS) is 11.5. The van der Waals surface area contributed by atoms with Gasteiger partial charge in [-0.2, -0.15) is 5.10 Å². The zero-order valence-corrected chi connectivity index (χ0v) is 16.3. The van der Waals surface area contributed by atoms with Crippen molar-refractivity contribution in [3.8, 4) is 0 Å². The van der Waals surface area contributed by atoms with Gasteiger partial charge in [-0.3, -0.25) is 9.10 Å².